The summed E-state index contributed by atoms with van der Waals surface area (Å²) in [5.41, 5.74) is 1.18. The molecule has 0 aliphatic carbocycles. The summed E-state index contributed by atoms with van der Waals surface area (Å²) in [6.07, 6.45) is 4.78. The van der Waals surface area contributed by atoms with Crippen LogP contribution in [0.4, 0.5) is 11.5 Å². The molecule has 0 fully saturated rings. The van der Waals surface area contributed by atoms with Gasteiger partial charge in [0.15, 0.2) is 0 Å². The number of nitrogens with zero attached hydrogens (tertiary/aromatic N) is 3. The molecule has 0 saturated heterocycles. The zero-order valence-corrected chi connectivity index (χ0v) is 10.3. The van der Waals surface area contributed by atoms with E-state index in [0.29, 0.717) is 11.3 Å². The van der Waals surface area contributed by atoms with Crippen LogP contribution in [0, 0.1) is 0 Å². The number of rotatable bonds is 3. The molecule has 0 atom stereocenters. The first-order valence-electron chi connectivity index (χ1n) is 5.51. The SMILES string of the molecule is CN(C)c1ccc(NC(=O)c2cccnc2)cn1. The Morgan fingerprint density at radius 3 is 2.61 bits per heavy atom. The predicted octanol–water partition coefficient (Wildman–Crippen LogP) is 1.79. The van der Waals surface area contributed by atoms with Crippen molar-refractivity contribution in [1.82, 2.24) is 9.97 Å². The molecule has 2 aromatic heterocycles. The third kappa shape index (κ3) is 2.82. The van der Waals surface area contributed by atoms with E-state index in [1.807, 2.05) is 31.1 Å². The molecule has 0 aromatic carbocycles. The van der Waals surface area contributed by atoms with Crippen molar-refractivity contribution in [2.45, 2.75) is 0 Å². The Bertz CT molecular complexity index is 522. The zero-order chi connectivity index (χ0) is 13.0. The van der Waals surface area contributed by atoms with Gasteiger partial charge in [-0.1, -0.05) is 0 Å². The summed E-state index contributed by atoms with van der Waals surface area (Å²) in [7, 11) is 3.83. The quantitative estimate of drug-likeness (QED) is 0.891. The van der Waals surface area contributed by atoms with Gasteiger partial charge in [0.1, 0.15) is 5.82 Å². The maximum Gasteiger partial charge on any atom is 0.257 e. The van der Waals surface area contributed by atoms with Crippen molar-refractivity contribution in [1.29, 1.82) is 0 Å². The molecule has 0 aliphatic heterocycles. The molecule has 5 heteroatoms. The fraction of sp³-hybridized carbons (Fsp3) is 0.154. The minimum atomic E-state index is -0.192. The minimum absolute atomic E-state index is 0.192. The topological polar surface area (TPSA) is 58.1 Å². The van der Waals surface area contributed by atoms with Gasteiger partial charge in [0.05, 0.1) is 17.4 Å². The predicted molar refractivity (Wildman–Crippen MR) is 70.8 cm³/mol. The lowest BCUT2D eigenvalue weighted by atomic mass is 10.2. The van der Waals surface area contributed by atoms with E-state index in [2.05, 4.69) is 15.3 Å². The normalized spacial score (nSPS) is 9.89. The van der Waals surface area contributed by atoms with Crippen LogP contribution in [-0.4, -0.2) is 30.0 Å². The van der Waals surface area contributed by atoms with E-state index in [4.69, 9.17) is 0 Å². The Balaban J connectivity index is 2.08. The van der Waals surface area contributed by atoms with Crippen molar-refractivity contribution in [3.8, 4) is 0 Å². The van der Waals surface area contributed by atoms with Gasteiger partial charge in [-0.2, -0.15) is 0 Å². The van der Waals surface area contributed by atoms with E-state index in [9.17, 15) is 4.79 Å². The number of pyridine rings is 2. The van der Waals surface area contributed by atoms with Crippen LogP contribution >= 0.6 is 0 Å². The average molecular weight is 242 g/mol. The first-order valence-corrected chi connectivity index (χ1v) is 5.51. The second-order valence-corrected chi connectivity index (χ2v) is 4.00. The molecule has 2 heterocycles. The lowest BCUT2D eigenvalue weighted by Crippen LogP contribution is -2.13. The molecule has 2 aromatic rings. The van der Waals surface area contributed by atoms with Crippen LogP contribution in [0.2, 0.25) is 0 Å². The number of hydrogen-bond acceptors (Lipinski definition) is 4. The highest BCUT2D eigenvalue weighted by Gasteiger charge is 2.06. The molecule has 0 bridgehead atoms. The van der Waals surface area contributed by atoms with Gasteiger partial charge >= 0.3 is 0 Å². The van der Waals surface area contributed by atoms with Crippen molar-refractivity contribution >= 4 is 17.4 Å². The molecular weight excluding hydrogens is 228 g/mol. The first kappa shape index (κ1) is 12.0. The van der Waals surface area contributed by atoms with Gasteiger partial charge in [0.25, 0.3) is 5.91 Å². The maximum atomic E-state index is 11.8. The van der Waals surface area contributed by atoms with Crippen molar-refractivity contribution in [3.05, 3.63) is 48.4 Å². The summed E-state index contributed by atoms with van der Waals surface area (Å²) < 4.78 is 0. The van der Waals surface area contributed by atoms with E-state index in [1.165, 1.54) is 6.20 Å². The van der Waals surface area contributed by atoms with Gasteiger partial charge in [-0.3, -0.25) is 9.78 Å². The summed E-state index contributed by atoms with van der Waals surface area (Å²) >= 11 is 0. The highest BCUT2D eigenvalue weighted by Crippen LogP contribution is 2.12. The van der Waals surface area contributed by atoms with Gasteiger partial charge < -0.3 is 10.2 Å². The first-order chi connectivity index (χ1) is 8.66. The number of amides is 1. The largest absolute Gasteiger partial charge is 0.363 e. The number of anilines is 2. The number of hydrogen-bond donors (Lipinski definition) is 1. The highest BCUT2D eigenvalue weighted by atomic mass is 16.1. The Labute approximate surface area is 105 Å². The Morgan fingerprint density at radius 2 is 2.06 bits per heavy atom. The third-order valence-electron chi connectivity index (χ3n) is 2.39. The van der Waals surface area contributed by atoms with Gasteiger partial charge in [0.2, 0.25) is 0 Å². The number of carbonyl (C=O) groups is 1. The molecule has 92 valence electrons. The maximum absolute atomic E-state index is 11.8. The second kappa shape index (κ2) is 5.27. The average Bonchev–Trinajstić information content (AvgIpc) is 2.40. The van der Waals surface area contributed by atoms with E-state index in [1.54, 1.807) is 24.5 Å². The minimum Gasteiger partial charge on any atom is -0.363 e. The molecule has 0 spiro atoms. The Morgan fingerprint density at radius 1 is 1.22 bits per heavy atom. The summed E-state index contributed by atoms with van der Waals surface area (Å²) in [5, 5.41) is 2.76. The van der Waals surface area contributed by atoms with Gasteiger partial charge in [-0.05, 0) is 24.3 Å². The molecule has 0 unspecified atom stereocenters. The molecule has 2 rings (SSSR count). The van der Waals surface area contributed by atoms with E-state index >= 15 is 0 Å². The molecule has 1 amide bonds. The zero-order valence-electron chi connectivity index (χ0n) is 10.3. The van der Waals surface area contributed by atoms with Gasteiger partial charge in [0, 0.05) is 26.5 Å². The van der Waals surface area contributed by atoms with Crippen LogP contribution < -0.4 is 10.2 Å². The van der Waals surface area contributed by atoms with E-state index in [-0.39, 0.29) is 5.91 Å². The van der Waals surface area contributed by atoms with Gasteiger partial charge in [-0.25, -0.2) is 4.98 Å². The van der Waals surface area contributed by atoms with E-state index < -0.39 is 0 Å². The van der Waals surface area contributed by atoms with Crippen LogP contribution in [-0.2, 0) is 0 Å². The van der Waals surface area contributed by atoms with Crippen LogP contribution in [0.3, 0.4) is 0 Å². The number of aromatic nitrogens is 2. The number of carbonyl (C=O) groups excluding carboxylic acids is 1. The number of nitrogens with one attached hydrogen (secondary N) is 1. The van der Waals surface area contributed by atoms with Crippen LogP contribution in [0.1, 0.15) is 10.4 Å². The van der Waals surface area contributed by atoms with Crippen LogP contribution in [0.5, 0.6) is 0 Å². The monoisotopic (exact) mass is 242 g/mol. The van der Waals surface area contributed by atoms with Crippen molar-refractivity contribution in [3.63, 3.8) is 0 Å². The van der Waals surface area contributed by atoms with Gasteiger partial charge in [-0.15, -0.1) is 0 Å². The van der Waals surface area contributed by atoms with Crippen molar-refractivity contribution < 1.29 is 4.79 Å². The highest BCUT2D eigenvalue weighted by molar-refractivity contribution is 6.03. The van der Waals surface area contributed by atoms with Crippen LogP contribution in [0.15, 0.2) is 42.9 Å². The smallest absolute Gasteiger partial charge is 0.257 e. The summed E-state index contributed by atoms with van der Waals surface area (Å²) in [6.45, 7) is 0. The molecule has 0 aliphatic rings. The molecule has 18 heavy (non-hydrogen) atoms. The van der Waals surface area contributed by atoms with Crippen molar-refractivity contribution in [2.75, 3.05) is 24.3 Å². The standard InChI is InChI=1S/C13H14N4O/c1-17(2)12-6-5-11(9-15-12)16-13(18)10-4-3-7-14-8-10/h3-9H,1-2H3,(H,16,18). The summed E-state index contributed by atoms with van der Waals surface area (Å²) in [6, 6.07) is 7.10. The Kier molecular flexibility index (Phi) is 3.52. The van der Waals surface area contributed by atoms with Crippen LogP contribution in [0.25, 0.3) is 0 Å². The molecule has 1 N–H and O–H groups in total. The lowest BCUT2D eigenvalue weighted by molar-refractivity contribution is 0.102. The second-order valence-electron chi connectivity index (χ2n) is 4.00. The fourth-order valence-corrected chi connectivity index (χ4v) is 1.42. The molecule has 0 radical (unpaired) electrons. The van der Waals surface area contributed by atoms with E-state index in [0.717, 1.165) is 5.82 Å². The third-order valence-corrected chi connectivity index (χ3v) is 2.39. The summed E-state index contributed by atoms with van der Waals surface area (Å²) in [5.74, 6) is 0.650. The fourth-order valence-electron chi connectivity index (χ4n) is 1.42. The molecule has 0 saturated carbocycles. The molecule has 5 nitrogen and oxygen atoms in total. The molecular formula is C13H14N4O. The summed E-state index contributed by atoms with van der Waals surface area (Å²) in [4.78, 5) is 21.9. The lowest BCUT2D eigenvalue weighted by Gasteiger charge is -2.11. The Hall–Kier alpha value is -2.43. The van der Waals surface area contributed by atoms with Crippen molar-refractivity contribution in [2.24, 2.45) is 0 Å².